The van der Waals surface area contributed by atoms with E-state index in [0.717, 1.165) is 17.1 Å². The molecule has 3 aromatic heterocycles. The Bertz CT molecular complexity index is 846. The summed E-state index contributed by atoms with van der Waals surface area (Å²) in [5, 5.41) is 0. The SMILES string of the molecule is c1cc[n+]([N-]c2cc([N-][n+]3ccccc3)cc([N-][n+]3ccccc3)c2)cc1. The summed E-state index contributed by atoms with van der Waals surface area (Å²) in [6, 6.07) is 23.2. The lowest BCUT2D eigenvalue weighted by atomic mass is 10.2. The molecule has 3 heterocycles. The second-order valence-electron chi connectivity index (χ2n) is 5.77. The average Bonchev–Trinajstić information content (AvgIpc) is 2.70. The minimum atomic E-state index is 0.763. The van der Waals surface area contributed by atoms with Crippen molar-refractivity contribution in [3.63, 3.8) is 0 Å². The third-order valence-corrected chi connectivity index (χ3v) is 3.68. The molecule has 0 spiro atoms. The van der Waals surface area contributed by atoms with Gasteiger partial charge in [0, 0.05) is 36.4 Å². The summed E-state index contributed by atoms with van der Waals surface area (Å²) in [6.07, 6.45) is 11.3. The molecule has 0 bridgehead atoms. The van der Waals surface area contributed by atoms with Crippen LogP contribution in [0.3, 0.4) is 0 Å². The molecule has 6 nitrogen and oxygen atoms in total. The fraction of sp³-hybridized carbons (Fsp3) is 0. The van der Waals surface area contributed by atoms with E-state index < -0.39 is 0 Å². The first-order valence-corrected chi connectivity index (χ1v) is 8.55. The van der Waals surface area contributed by atoms with E-state index in [1.54, 1.807) is 14.0 Å². The molecule has 6 heteroatoms. The van der Waals surface area contributed by atoms with Crippen molar-refractivity contribution < 1.29 is 14.0 Å². The zero-order valence-electron chi connectivity index (χ0n) is 14.6. The quantitative estimate of drug-likeness (QED) is 0.471. The van der Waals surface area contributed by atoms with Crippen LogP contribution in [0.5, 0.6) is 0 Å². The Labute approximate surface area is 157 Å². The maximum atomic E-state index is 4.62. The van der Waals surface area contributed by atoms with Crippen molar-refractivity contribution in [2.75, 3.05) is 0 Å². The summed E-state index contributed by atoms with van der Waals surface area (Å²) >= 11 is 0. The van der Waals surface area contributed by atoms with E-state index >= 15 is 0 Å². The van der Waals surface area contributed by atoms with Crippen LogP contribution in [0.25, 0.3) is 16.3 Å². The van der Waals surface area contributed by atoms with Gasteiger partial charge in [0.15, 0.2) is 37.2 Å². The van der Waals surface area contributed by atoms with Gasteiger partial charge in [-0.1, -0.05) is 53.5 Å². The van der Waals surface area contributed by atoms with Crippen molar-refractivity contribution in [3.8, 4) is 0 Å². The molecular weight excluding hydrogens is 336 g/mol. The molecule has 0 N–H and O–H groups in total. The topological polar surface area (TPSA) is 53.9 Å². The predicted molar refractivity (Wildman–Crippen MR) is 102 cm³/mol. The lowest BCUT2D eigenvalue weighted by molar-refractivity contribution is -0.619. The second-order valence-corrected chi connectivity index (χ2v) is 5.77. The Balaban J connectivity index is 1.64. The van der Waals surface area contributed by atoms with E-state index in [1.165, 1.54) is 0 Å². The average molecular weight is 354 g/mol. The Hall–Kier alpha value is -3.93. The van der Waals surface area contributed by atoms with Crippen LogP contribution < -0.4 is 14.0 Å². The lowest BCUT2D eigenvalue weighted by Crippen LogP contribution is -2.27. The van der Waals surface area contributed by atoms with Crippen LogP contribution in [0.2, 0.25) is 0 Å². The third-order valence-electron chi connectivity index (χ3n) is 3.68. The van der Waals surface area contributed by atoms with Gasteiger partial charge in [-0.3, -0.25) is 0 Å². The van der Waals surface area contributed by atoms with Crippen LogP contribution in [-0.4, -0.2) is 0 Å². The zero-order chi connectivity index (χ0) is 18.3. The highest BCUT2D eigenvalue weighted by Gasteiger charge is 1.95. The van der Waals surface area contributed by atoms with E-state index in [-0.39, 0.29) is 0 Å². The van der Waals surface area contributed by atoms with Crippen molar-refractivity contribution in [1.82, 2.24) is 0 Å². The zero-order valence-corrected chi connectivity index (χ0v) is 14.6. The normalized spacial score (nSPS) is 10.2. The molecule has 0 atom stereocenters. The first-order valence-electron chi connectivity index (χ1n) is 8.55. The largest absolute Gasteiger partial charge is 0.405 e. The number of hydrogen-bond donors (Lipinski definition) is 0. The first-order chi connectivity index (χ1) is 13.3. The van der Waals surface area contributed by atoms with Crippen LogP contribution in [0.1, 0.15) is 0 Å². The molecule has 0 aliphatic carbocycles. The van der Waals surface area contributed by atoms with Crippen molar-refractivity contribution in [1.29, 1.82) is 0 Å². The summed E-state index contributed by atoms with van der Waals surface area (Å²) in [6.45, 7) is 0. The molecule has 27 heavy (non-hydrogen) atoms. The van der Waals surface area contributed by atoms with Crippen molar-refractivity contribution in [3.05, 3.63) is 126 Å². The predicted octanol–water partition coefficient (Wildman–Crippen LogP) is 3.95. The number of hydrogen-bond acceptors (Lipinski definition) is 0. The van der Waals surface area contributed by atoms with E-state index in [4.69, 9.17) is 0 Å². The fourth-order valence-corrected chi connectivity index (χ4v) is 2.52. The van der Waals surface area contributed by atoms with Gasteiger partial charge < -0.3 is 16.3 Å². The van der Waals surface area contributed by atoms with Gasteiger partial charge in [-0.15, -0.1) is 0 Å². The van der Waals surface area contributed by atoms with Gasteiger partial charge in [0.25, 0.3) is 0 Å². The van der Waals surface area contributed by atoms with E-state index in [1.807, 2.05) is 110 Å². The Morgan fingerprint density at radius 1 is 0.370 bits per heavy atom. The van der Waals surface area contributed by atoms with Gasteiger partial charge in [0.05, 0.1) is 0 Å². The molecule has 0 amide bonds. The van der Waals surface area contributed by atoms with Gasteiger partial charge in [0.2, 0.25) is 0 Å². The minimum absolute atomic E-state index is 0.763. The van der Waals surface area contributed by atoms with Gasteiger partial charge in [-0.25, -0.2) is 14.0 Å². The van der Waals surface area contributed by atoms with Gasteiger partial charge in [0.1, 0.15) is 0 Å². The van der Waals surface area contributed by atoms with Crippen molar-refractivity contribution in [2.24, 2.45) is 0 Å². The summed E-state index contributed by atoms with van der Waals surface area (Å²) in [5.41, 5.74) is 16.2. The summed E-state index contributed by atoms with van der Waals surface area (Å²) in [7, 11) is 0. The lowest BCUT2D eigenvalue weighted by Gasteiger charge is -2.24. The molecule has 0 radical (unpaired) electrons. The molecule has 4 rings (SSSR count). The van der Waals surface area contributed by atoms with Gasteiger partial charge >= 0.3 is 0 Å². The molecule has 0 fully saturated rings. The van der Waals surface area contributed by atoms with Crippen LogP contribution in [0.15, 0.2) is 110 Å². The highest BCUT2D eigenvalue weighted by atomic mass is 15.4. The highest BCUT2D eigenvalue weighted by Crippen LogP contribution is 2.32. The molecule has 0 aliphatic heterocycles. The molecular formula is C21H18N6. The van der Waals surface area contributed by atoms with Gasteiger partial charge in [-0.2, -0.15) is 0 Å². The standard InChI is InChI=1S/C21H18N6/c1-4-10-25(11-5-1)22-19-16-20(23-26-12-6-2-7-13-26)18-21(17-19)24-27-14-8-3-9-15-27/h1-18H. The fourth-order valence-electron chi connectivity index (χ4n) is 2.52. The molecule has 132 valence electrons. The Morgan fingerprint density at radius 2 is 0.630 bits per heavy atom. The molecule has 0 aliphatic rings. The smallest absolute Gasteiger partial charge is 0.164 e. The van der Waals surface area contributed by atoms with Crippen LogP contribution in [-0.2, 0) is 0 Å². The molecule has 4 aromatic rings. The van der Waals surface area contributed by atoms with E-state index in [0.29, 0.717) is 0 Å². The number of pyridine rings is 3. The minimum Gasteiger partial charge on any atom is -0.405 e. The first kappa shape index (κ1) is 16.5. The highest BCUT2D eigenvalue weighted by molar-refractivity contribution is 5.69. The van der Waals surface area contributed by atoms with Crippen molar-refractivity contribution in [2.45, 2.75) is 0 Å². The monoisotopic (exact) mass is 354 g/mol. The third kappa shape index (κ3) is 4.58. The molecule has 0 unspecified atom stereocenters. The number of rotatable bonds is 6. The molecule has 0 saturated heterocycles. The van der Waals surface area contributed by atoms with Crippen molar-refractivity contribution >= 4 is 17.1 Å². The number of aromatic nitrogens is 3. The van der Waals surface area contributed by atoms with Crippen LogP contribution in [0, 0.1) is 0 Å². The molecule has 1 aromatic carbocycles. The summed E-state index contributed by atoms with van der Waals surface area (Å²) in [4.78, 5) is 0. The maximum absolute atomic E-state index is 4.62. The van der Waals surface area contributed by atoms with Gasteiger partial charge in [-0.05, 0) is 0 Å². The number of nitrogens with zero attached hydrogens (tertiary/aromatic N) is 6. The van der Waals surface area contributed by atoms with Crippen LogP contribution in [0.4, 0.5) is 17.1 Å². The van der Waals surface area contributed by atoms with E-state index in [9.17, 15) is 0 Å². The van der Waals surface area contributed by atoms with Crippen LogP contribution >= 0.6 is 0 Å². The Morgan fingerprint density at radius 3 is 0.889 bits per heavy atom. The van der Waals surface area contributed by atoms with E-state index in [2.05, 4.69) is 16.3 Å². The summed E-state index contributed by atoms with van der Waals surface area (Å²) in [5.74, 6) is 0. The summed E-state index contributed by atoms with van der Waals surface area (Å²) < 4.78 is 5.27. The number of benzene rings is 1. The Kier molecular flexibility index (Phi) is 4.88. The second kappa shape index (κ2) is 7.97. The maximum Gasteiger partial charge on any atom is 0.164 e. The molecule has 0 saturated carbocycles.